The molecule has 1 aliphatic heterocycles. The Morgan fingerprint density at radius 1 is 0.649 bits per heavy atom. The van der Waals surface area contributed by atoms with E-state index in [1.807, 2.05) is 44.6 Å². The van der Waals surface area contributed by atoms with E-state index in [2.05, 4.69) is 95.2 Å². The molecule has 2 aliphatic rings. The number of rotatable bonds is 0. The molecule has 326 valence electrons. The maximum absolute atomic E-state index is 11.3. The van der Waals surface area contributed by atoms with Crippen molar-refractivity contribution in [2.75, 3.05) is 60.6 Å². The zero-order chi connectivity index (χ0) is 44.7. The zero-order valence-corrected chi connectivity index (χ0v) is 38.6. The van der Waals surface area contributed by atoms with Gasteiger partial charge in [-0.25, -0.2) is 18.0 Å². The Kier molecular flexibility index (Phi) is 36.9. The van der Waals surface area contributed by atoms with Gasteiger partial charge < -0.3 is 28.5 Å². The third-order valence-electron chi connectivity index (χ3n) is 6.26. The molecule has 1 heterocycles. The maximum Gasteiger partial charge on any atom is 0.507 e. The van der Waals surface area contributed by atoms with E-state index in [4.69, 9.17) is 4.74 Å². The van der Waals surface area contributed by atoms with Gasteiger partial charge in [-0.15, -0.1) is 0 Å². The number of methoxy groups -OCH3 is 4. The highest BCUT2D eigenvalue weighted by Crippen LogP contribution is 2.48. The average Bonchev–Trinajstić information content (AvgIpc) is 3.49. The molecule has 0 amide bonds. The summed E-state index contributed by atoms with van der Waals surface area (Å²) in [6.07, 6.45) is 7.00. The number of benzene rings is 3. The number of hydrogen-bond acceptors (Lipinski definition) is 12. The highest BCUT2D eigenvalue weighted by molar-refractivity contribution is 7.97. The number of carbonyl (C=O) groups excluding carboxylic acids is 4. The first-order valence-corrected chi connectivity index (χ1v) is 21.4. The van der Waals surface area contributed by atoms with E-state index in [9.17, 15) is 27.6 Å². The van der Waals surface area contributed by atoms with E-state index in [-0.39, 0.29) is 30.6 Å². The van der Waals surface area contributed by atoms with Crippen LogP contribution in [0.15, 0.2) is 72.8 Å². The Labute approximate surface area is 349 Å². The number of Topliss-reactive ketones (excluding diaryl/α,β-unsaturated/α-hetero) is 1. The number of fused-ring (bicyclic) bond motifs is 4. The van der Waals surface area contributed by atoms with Crippen molar-refractivity contribution in [3.8, 4) is 11.1 Å². The van der Waals surface area contributed by atoms with Gasteiger partial charge in [0.2, 0.25) is 0 Å². The molecule has 0 radical (unpaired) electrons. The molecular weight excluding hydrogens is 769 g/mol. The first kappa shape index (κ1) is 62.0. The highest BCUT2D eigenvalue weighted by atomic mass is 32.2. The minimum Gasteiger partial charge on any atom is -0.469 e. The van der Waals surface area contributed by atoms with Gasteiger partial charge in [-0.2, -0.15) is 11.8 Å². The van der Waals surface area contributed by atoms with E-state index in [0.717, 1.165) is 18.1 Å². The first-order chi connectivity index (χ1) is 25.9. The van der Waals surface area contributed by atoms with Crippen LogP contribution in [0.3, 0.4) is 0 Å². The summed E-state index contributed by atoms with van der Waals surface area (Å²) in [5.41, 5.74) is 7.09. The van der Waals surface area contributed by atoms with Crippen LogP contribution < -0.4 is 0 Å². The van der Waals surface area contributed by atoms with Gasteiger partial charge in [0.1, 0.15) is 21.2 Å². The summed E-state index contributed by atoms with van der Waals surface area (Å²) in [5, 5.41) is 0. The molecule has 3 aromatic carbocycles. The van der Waals surface area contributed by atoms with Crippen LogP contribution in [0.25, 0.3) is 11.1 Å². The largest absolute Gasteiger partial charge is 0.507 e. The smallest absolute Gasteiger partial charge is 0.469 e. The Morgan fingerprint density at radius 2 is 0.895 bits per heavy atom. The standard InChI is InChI=1S/C15H14.C10H10O2.C3H6O3.C3H6O2.C3H6O.C3H8.C2H6O2S.C2H6O.C2H6S.CH4/c1-15(2)13-9-5-3-7-11(13)12-8-4-6-10-14(12)15;1-10(2)8-6-4-3-5-7(8)9(11)12-10;1-5-3(4)6-2;1-3(4)5-2;1-3(2)4;1-3-2;1-5(2,3)4;2*1-3-2;/h3-10H,1-2H3;3-6H,1-2H3;1-2H3;1-2H3;1-2H3;3H2,1-2H3;1-2H3;2*1-2H3;1H4. The molecule has 0 N–H and O–H groups in total. The molecule has 57 heavy (non-hydrogen) atoms. The minimum absolute atomic E-state index is 0. The number of thioether (sulfide) groups is 1. The van der Waals surface area contributed by atoms with Gasteiger partial charge in [-0.1, -0.05) is 108 Å². The Balaban J connectivity index is -0.000000193. The molecule has 0 bridgehead atoms. The third kappa shape index (κ3) is 29.7. The van der Waals surface area contributed by atoms with Crippen LogP contribution in [0.1, 0.15) is 103 Å². The molecule has 0 aromatic heterocycles. The molecule has 0 saturated carbocycles. The third-order valence-corrected chi connectivity index (χ3v) is 6.26. The van der Waals surface area contributed by atoms with Crippen molar-refractivity contribution in [2.45, 2.75) is 87.2 Å². The predicted molar refractivity (Wildman–Crippen MR) is 238 cm³/mol. The lowest BCUT2D eigenvalue weighted by Gasteiger charge is -2.20. The first-order valence-electron chi connectivity index (χ1n) is 17.5. The molecule has 0 saturated heterocycles. The number of cyclic esters (lactones) is 1. The average molecular weight is 841 g/mol. The number of ether oxygens (including phenoxy) is 5. The van der Waals surface area contributed by atoms with Crippen molar-refractivity contribution >= 4 is 45.5 Å². The summed E-state index contributed by atoms with van der Waals surface area (Å²) in [4.78, 5) is 40.0. The Hall–Kier alpha value is -4.20. The summed E-state index contributed by atoms with van der Waals surface area (Å²) >= 11 is 1.75. The van der Waals surface area contributed by atoms with Gasteiger partial charge in [-0.3, -0.25) is 4.79 Å². The van der Waals surface area contributed by atoms with Gasteiger partial charge in [0, 0.05) is 44.6 Å². The molecule has 11 nitrogen and oxygen atoms in total. The normalized spacial score (nSPS) is 11.9. The number of sulfone groups is 1. The monoisotopic (exact) mass is 840 g/mol. The number of hydrogen-bond donors (Lipinski definition) is 0. The van der Waals surface area contributed by atoms with Crippen LogP contribution in [0.2, 0.25) is 0 Å². The summed E-state index contributed by atoms with van der Waals surface area (Å²) < 4.78 is 40.9. The molecule has 0 spiro atoms. The molecule has 0 unspecified atom stereocenters. The van der Waals surface area contributed by atoms with E-state index in [0.29, 0.717) is 5.56 Å². The number of ketones is 1. The fourth-order valence-electron chi connectivity index (χ4n) is 4.28. The molecule has 0 fully saturated rings. The maximum atomic E-state index is 11.3. The molecule has 3 aromatic rings. The van der Waals surface area contributed by atoms with Crippen LogP contribution in [-0.2, 0) is 54.1 Å². The second kappa shape index (κ2) is 33.9. The van der Waals surface area contributed by atoms with E-state index < -0.39 is 21.6 Å². The summed E-state index contributed by atoms with van der Waals surface area (Å²) in [7, 11) is 4.44. The van der Waals surface area contributed by atoms with E-state index in [1.165, 1.54) is 70.8 Å². The minimum atomic E-state index is -2.67. The SMILES string of the molecule is C.CC(C)=O.CC1(C)OC(=O)c2ccccc21.CC1(C)c2ccccc2-c2ccccc21.CCC.COC.COC(=O)OC.COC(C)=O.CS(C)(=O)=O.CSC. The van der Waals surface area contributed by atoms with E-state index >= 15 is 0 Å². The Bertz CT molecular complexity index is 1600. The second-order valence-corrected chi connectivity index (χ2v) is 16.2. The molecule has 0 atom stereocenters. The van der Waals surface area contributed by atoms with Crippen molar-refractivity contribution in [3.05, 3.63) is 95.1 Å². The van der Waals surface area contributed by atoms with Gasteiger partial charge >= 0.3 is 18.1 Å². The van der Waals surface area contributed by atoms with E-state index in [1.54, 1.807) is 32.0 Å². The van der Waals surface area contributed by atoms with Crippen LogP contribution in [0.4, 0.5) is 4.79 Å². The molecule has 1 aliphatic carbocycles. The summed E-state index contributed by atoms with van der Waals surface area (Å²) in [5.74, 6) is -0.291. The van der Waals surface area contributed by atoms with Gasteiger partial charge in [0.15, 0.2) is 0 Å². The van der Waals surface area contributed by atoms with Gasteiger partial charge in [0.05, 0.1) is 26.9 Å². The highest BCUT2D eigenvalue weighted by Gasteiger charge is 2.37. The fourth-order valence-corrected chi connectivity index (χ4v) is 4.28. The lowest BCUT2D eigenvalue weighted by atomic mass is 9.82. The van der Waals surface area contributed by atoms with Crippen LogP contribution >= 0.6 is 11.8 Å². The van der Waals surface area contributed by atoms with Crippen molar-refractivity contribution in [1.82, 2.24) is 0 Å². The fraction of sp³-hybridized carbons (Fsp3) is 0.500. The van der Waals surface area contributed by atoms with Crippen molar-refractivity contribution in [3.63, 3.8) is 0 Å². The van der Waals surface area contributed by atoms with Crippen LogP contribution in [-0.4, -0.2) is 92.9 Å². The predicted octanol–water partition coefficient (Wildman–Crippen LogP) is 10.2. The van der Waals surface area contributed by atoms with Gasteiger partial charge in [-0.05, 0) is 68.5 Å². The molecular formula is C44H72O11S2. The lowest BCUT2D eigenvalue weighted by Crippen LogP contribution is -2.15. The topological polar surface area (TPSA) is 149 Å². The lowest BCUT2D eigenvalue weighted by molar-refractivity contribution is -0.138. The zero-order valence-electron chi connectivity index (χ0n) is 36.9. The second-order valence-electron chi connectivity index (χ2n) is 13.1. The number of carbonyl (C=O) groups is 4. The molecule has 13 heteroatoms. The van der Waals surface area contributed by atoms with Gasteiger partial charge in [0.25, 0.3) is 0 Å². The van der Waals surface area contributed by atoms with Crippen LogP contribution in [0.5, 0.6) is 0 Å². The quantitative estimate of drug-likeness (QED) is 0.157. The summed E-state index contributed by atoms with van der Waals surface area (Å²) in [6.45, 7) is 17.1. The summed E-state index contributed by atoms with van der Waals surface area (Å²) in [6, 6.07) is 24.9. The van der Waals surface area contributed by atoms with Crippen molar-refractivity contribution in [1.29, 1.82) is 0 Å². The van der Waals surface area contributed by atoms with Crippen molar-refractivity contribution < 1.29 is 51.3 Å². The van der Waals surface area contributed by atoms with Crippen LogP contribution in [0, 0.1) is 0 Å². The van der Waals surface area contributed by atoms with Crippen molar-refractivity contribution in [2.24, 2.45) is 0 Å². The Morgan fingerprint density at radius 3 is 1.12 bits per heavy atom. The number of esters is 2. The molecule has 5 rings (SSSR count).